The van der Waals surface area contributed by atoms with Crippen molar-refractivity contribution >= 4 is 21.0 Å². The standard InChI is InChI=1S/C5H6N2O2.H6OSi2/c1-3-2-6-5(9)7-4(3)8;2-1-3/h2H,1H3,(H2,6,7,8,9);2-3H3. The molecule has 0 amide bonds. The van der Waals surface area contributed by atoms with Gasteiger partial charge in [-0.1, -0.05) is 0 Å². The Hall–Kier alpha value is -0.926. The number of aromatic amines is 2. The topological polar surface area (TPSA) is 75.0 Å². The van der Waals surface area contributed by atoms with Gasteiger partial charge in [-0.15, -0.1) is 0 Å². The highest BCUT2D eigenvalue weighted by atomic mass is 28.3. The second-order valence-corrected chi connectivity index (χ2v) is 5.43. The average molecular weight is 204 g/mol. The molecule has 1 heterocycles. The molecule has 0 spiro atoms. The molecule has 0 aliphatic carbocycles. The molecule has 0 aliphatic heterocycles. The van der Waals surface area contributed by atoms with Crippen LogP contribution in [0.5, 0.6) is 0 Å². The molecule has 0 bridgehead atoms. The van der Waals surface area contributed by atoms with E-state index in [1.807, 2.05) is 0 Å². The van der Waals surface area contributed by atoms with Gasteiger partial charge >= 0.3 is 5.69 Å². The molecular weight excluding hydrogens is 192 g/mol. The molecule has 0 aromatic carbocycles. The lowest BCUT2D eigenvalue weighted by molar-refractivity contribution is 0.690. The maximum atomic E-state index is 10.6. The van der Waals surface area contributed by atoms with Gasteiger partial charge in [0.1, 0.15) is 21.0 Å². The second kappa shape index (κ2) is 5.69. The number of nitrogens with one attached hydrogen (secondary N) is 2. The Morgan fingerprint density at radius 2 is 1.92 bits per heavy atom. The van der Waals surface area contributed by atoms with Crippen LogP contribution in [-0.4, -0.2) is 30.9 Å². The van der Waals surface area contributed by atoms with E-state index in [9.17, 15) is 9.59 Å². The Morgan fingerprint density at radius 3 is 2.25 bits per heavy atom. The predicted octanol–water partition coefficient (Wildman–Crippen LogP) is -3.06. The van der Waals surface area contributed by atoms with E-state index in [1.165, 1.54) is 6.20 Å². The number of aromatic nitrogens is 2. The molecule has 0 fully saturated rings. The van der Waals surface area contributed by atoms with Crippen molar-refractivity contribution in [2.45, 2.75) is 6.92 Å². The third-order valence-corrected chi connectivity index (χ3v) is 1.00. The van der Waals surface area contributed by atoms with E-state index < -0.39 is 5.69 Å². The summed E-state index contributed by atoms with van der Waals surface area (Å²) in [6, 6.07) is 0. The summed E-state index contributed by atoms with van der Waals surface area (Å²) in [7, 11) is 1.86. The second-order valence-electron chi connectivity index (χ2n) is 2.16. The van der Waals surface area contributed by atoms with Crippen LogP contribution in [0.1, 0.15) is 5.56 Å². The number of rotatable bonds is 0. The molecule has 0 aliphatic rings. The Bertz CT molecular complexity index is 332. The molecule has 0 saturated heterocycles. The van der Waals surface area contributed by atoms with Crippen molar-refractivity contribution in [3.63, 3.8) is 0 Å². The summed E-state index contributed by atoms with van der Waals surface area (Å²) in [5.74, 6) is 0. The average Bonchev–Trinajstić information content (AvgIpc) is 1.99. The van der Waals surface area contributed by atoms with Gasteiger partial charge in [0.15, 0.2) is 0 Å². The Labute approximate surface area is 75.3 Å². The van der Waals surface area contributed by atoms with Gasteiger partial charge in [0.25, 0.3) is 5.56 Å². The molecule has 0 saturated carbocycles. The first-order valence-corrected chi connectivity index (χ1v) is 4.94. The molecule has 0 unspecified atom stereocenters. The van der Waals surface area contributed by atoms with Gasteiger partial charge in [0.05, 0.1) is 0 Å². The van der Waals surface area contributed by atoms with E-state index in [0.717, 1.165) is 21.0 Å². The SMILES string of the molecule is Cc1c[nH]c(=O)[nH]c1=O.[SiH3]O[SiH3]. The Morgan fingerprint density at radius 1 is 1.42 bits per heavy atom. The summed E-state index contributed by atoms with van der Waals surface area (Å²) in [5.41, 5.74) is -0.293. The van der Waals surface area contributed by atoms with Crippen LogP contribution in [0.15, 0.2) is 15.8 Å². The summed E-state index contributed by atoms with van der Waals surface area (Å²) in [6.45, 7) is 1.62. The van der Waals surface area contributed by atoms with Gasteiger partial charge in [0.2, 0.25) is 0 Å². The summed E-state index contributed by atoms with van der Waals surface area (Å²) in [4.78, 5) is 25.3. The smallest absolute Gasteiger partial charge is 0.325 e. The summed E-state index contributed by atoms with van der Waals surface area (Å²) in [6.07, 6.45) is 1.38. The largest absolute Gasteiger partial charge is 0.471 e. The van der Waals surface area contributed by atoms with E-state index in [-0.39, 0.29) is 5.56 Å². The monoisotopic (exact) mass is 204 g/mol. The number of hydrogen-bond donors (Lipinski definition) is 2. The highest BCUT2D eigenvalue weighted by Crippen LogP contribution is 1.73. The van der Waals surface area contributed by atoms with Crippen molar-refractivity contribution in [2.75, 3.05) is 0 Å². The molecule has 1 aromatic heterocycles. The maximum absolute atomic E-state index is 10.6. The van der Waals surface area contributed by atoms with Crippen molar-refractivity contribution < 1.29 is 4.12 Å². The van der Waals surface area contributed by atoms with Crippen LogP contribution in [0, 0.1) is 6.92 Å². The maximum Gasteiger partial charge on any atom is 0.325 e. The fourth-order valence-electron chi connectivity index (χ4n) is 0.477. The molecule has 0 atom stereocenters. The Kier molecular flexibility index (Phi) is 5.25. The minimum absolute atomic E-state index is 0.334. The van der Waals surface area contributed by atoms with Crippen LogP contribution in [0.4, 0.5) is 0 Å². The van der Waals surface area contributed by atoms with Crippen LogP contribution >= 0.6 is 0 Å². The van der Waals surface area contributed by atoms with Gasteiger partial charge in [-0.25, -0.2) is 4.79 Å². The van der Waals surface area contributed by atoms with E-state index in [1.54, 1.807) is 6.92 Å². The van der Waals surface area contributed by atoms with Gasteiger partial charge in [0, 0.05) is 11.8 Å². The van der Waals surface area contributed by atoms with Crippen molar-refractivity contribution in [1.82, 2.24) is 9.97 Å². The molecule has 2 N–H and O–H groups in total. The number of hydrogen-bond acceptors (Lipinski definition) is 3. The molecule has 12 heavy (non-hydrogen) atoms. The first-order valence-electron chi connectivity index (χ1n) is 3.30. The van der Waals surface area contributed by atoms with Crippen molar-refractivity contribution in [3.8, 4) is 0 Å². The molecule has 1 rings (SSSR count). The summed E-state index contributed by atoms with van der Waals surface area (Å²) >= 11 is 0. The van der Waals surface area contributed by atoms with Crippen LogP contribution in [0.2, 0.25) is 0 Å². The molecular formula is C5H12N2O3Si2. The van der Waals surface area contributed by atoms with Gasteiger partial charge in [-0.3, -0.25) is 9.78 Å². The normalized spacial score (nSPS) is 9.08. The van der Waals surface area contributed by atoms with Crippen molar-refractivity contribution in [1.29, 1.82) is 0 Å². The molecule has 5 nitrogen and oxygen atoms in total. The van der Waals surface area contributed by atoms with E-state index in [4.69, 9.17) is 0 Å². The highest BCUT2D eigenvalue weighted by Gasteiger charge is 1.88. The lowest BCUT2D eigenvalue weighted by Crippen LogP contribution is -2.22. The quantitative estimate of drug-likeness (QED) is 0.441. The third-order valence-electron chi connectivity index (χ3n) is 1.00. The highest BCUT2D eigenvalue weighted by molar-refractivity contribution is 6.15. The molecule has 7 heteroatoms. The Balaban J connectivity index is 0.000000354. The van der Waals surface area contributed by atoms with Crippen molar-refractivity contribution in [3.05, 3.63) is 32.6 Å². The lowest BCUT2D eigenvalue weighted by Gasteiger charge is -1.84. The predicted molar refractivity (Wildman–Crippen MR) is 53.4 cm³/mol. The lowest BCUT2D eigenvalue weighted by atomic mass is 10.4. The third kappa shape index (κ3) is 4.06. The summed E-state index contributed by atoms with van der Waals surface area (Å²) < 4.78 is 4.53. The van der Waals surface area contributed by atoms with E-state index in [0.29, 0.717) is 5.56 Å². The van der Waals surface area contributed by atoms with Gasteiger partial charge in [-0.05, 0) is 6.92 Å². The van der Waals surface area contributed by atoms with Crippen LogP contribution < -0.4 is 11.2 Å². The summed E-state index contributed by atoms with van der Waals surface area (Å²) in [5, 5.41) is 0. The fourth-order valence-corrected chi connectivity index (χ4v) is 0.477. The zero-order valence-corrected chi connectivity index (χ0v) is 11.3. The van der Waals surface area contributed by atoms with Gasteiger partial charge < -0.3 is 9.10 Å². The molecule has 68 valence electrons. The number of aryl methyl sites for hydroxylation is 1. The van der Waals surface area contributed by atoms with Crippen LogP contribution in [0.3, 0.4) is 0 Å². The minimum Gasteiger partial charge on any atom is -0.471 e. The van der Waals surface area contributed by atoms with Gasteiger partial charge in [-0.2, -0.15) is 0 Å². The van der Waals surface area contributed by atoms with E-state index >= 15 is 0 Å². The molecule has 1 aromatic rings. The van der Waals surface area contributed by atoms with E-state index in [2.05, 4.69) is 14.1 Å². The van der Waals surface area contributed by atoms with Crippen LogP contribution in [-0.2, 0) is 4.12 Å². The minimum atomic E-state index is -0.467. The zero-order valence-electron chi connectivity index (χ0n) is 7.30. The first-order chi connectivity index (χ1) is 5.61. The fraction of sp³-hybridized carbons (Fsp3) is 0.200. The number of H-pyrrole nitrogens is 2. The van der Waals surface area contributed by atoms with Crippen molar-refractivity contribution in [2.24, 2.45) is 0 Å². The molecule has 0 radical (unpaired) electrons. The zero-order chi connectivity index (χ0) is 9.56. The van der Waals surface area contributed by atoms with Crippen LogP contribution in [0.25, 0.3) is 0 Å². The first kappa shape index (κ1) is 11.1.